The Morgan fingerprint density at radius 2 is 2.18 bits per heavy atom. The van der Waals surface area contributed by atoms with Crippen molar-refractivity contribution in [3.63, 3.8) is 0 Å². The maximum atomic E-state index is 13.9. The summed E-state index contributed by atoms with van der Waals surface area (Å²) >= 11 is 0. The van der Waals surface area contributed by atoms with E-state index in [1.165, 1.54) is 6.42 Å². The molecule has 1 aromatic rings. The number of rotatable bonds is 5. The third-order valence-electron chi connectivity index (χ3n) is 3.59. The van der Waals surface area contributed by atoms with Crippen LogP contribution in [0, 0.1) is 17.7 Å². The van der Waals surface area contributed by atoms with Gasteiger partial charge in [-0.25, -0.2) is 4.39 Å². The average Bonchev–Trinajstić information content (AvgIpc) is 2.94. The fourth-order valence-electron chi connectivity index (χ4n) is 2.28. The molecule has 2 nitrogen and oxygen atoms in total. The van der Waals surface area contributed by atoms with Gasteiger partial charge in [0.05, 0.1) is 5.69 Å². The molecule has 1 fully saturated rings. The zero-order chi connectivity index (χ0) is 12.4. The minimum absolute atomic E-state index is 0.117. The zero-order valence-electron chi connectivity index (χ0n) is 10.8. The van der Waals surface area contributed by atoms with E-state index in [0.29, 0.717) is 12.2 Å². The summed E-state index contributed by atoms with van der Waals surface area (Å²) in [5, 5.41) is 3.03. The average molecular weight is 236 g/mol. The Kier molecular flexibility index (Phi) is 3.67. The van der Waals surface area contributed by atoms with E-state index >= 15 is 0 Å². The number of hydrogen-bond donors (Lipinski definition) is 1. The first-order valence-corrected chi connectivity index (χ1v) is 6.26. The molecular formula is C14H21FN2. The van der Waals surface area contributed by atoms with Gasteiger partial charge >= 0.3 is 0 Å². The van der Waals surface area contributed by atoms with E-state index in [2.05, 4.69) is 12.2 Å². The molecule has 1 N–H and O–H groups in total. The summed E-state index contributed by atoms with van der Waals surface area (Å²) in [6, 6.07) is 5.50. The van der Waals surface area contributed by atoms with Gasteiger partial charge < -0.3 is 10.2 Å². The van der Waals surface area contributed by atoms with Crippen LogP contribution in [0.2, 0.25) is 0 Å². The van der Waals surface area contributed by atoms with Crippen molar-refractivity contribution in [2.24, 2.45) is 11.8 Å². The minimum atomic E-state index is -0.117. The molecule has 0 spiro atoms. The van der Waals surface area contributed by atoms with E-state index in [-0.39, 0.29) is 5.82 Å². The maximum absolute atomic E-state index is 13.9. The summed E-state index contributed by atoms with van der Waals surface area (Å²) in [5.74, 6) is 1.44. The number of nitrogens with one attached hydrogen (secondary N) is 1. The molecule has 0 radical (unpaired) electrons. The van der Waals surface area contributed by atoms with Crippen molar-refractivity contribution in [2.75, 3.05) is 25.5 Å². The number of anilines is 1. The molecule has 0 amide bonds. The summed E-state index contributed by atoms with van der Waals surface area (Å²) < 4.78 is 13.9. The standard InChI is InChI=1S/C14H21FN2/c1-10-6-12(10)9-17(3)14-5-4-11(8-16-2)7-13(14)15/h4-5,7,10,12,16H,6,8-9H2,1-3H3. The fraction of sp³-hybridized carbons (Fsp3) is 0.571. The fourth-order valence-corrected chi connectivity index (χ4v) is 2.28. The second-order valence-corrected chi connectivity index (χ2v) is 5.17. The lowest BCUT2D eigenvalue weighted by molar-refractivity contribution is 0.613. The lowest BCUT2D eigenvalue weighted by atomic mass is 10.1. The van der Waals surface area contributed by atoms with Crippen LogP contribution in [0.1, 0.15) is 18.9 Å². The van der Waals surface area contributed by atoms with Gasteiger partial charge in [-0.05, 0) is 43.0 Å². The number of benzene rings is 1. The molecule has 3 heteroatoms. The lowest BCUT2D eigenvalue weighted by Crippen LogP contribution is -2.21. The van der Waals surface area contributed by atoms with Gasteiger partial charge in [0.2, 0.25) is 0 Å². The van der Waals surface area contributed by atoms with Crippen LogP contribution in [0.15, 0.2) is 18.2 Å². The normalized spacial score (nSPS) is 22.6. The molecule has 94 valence electrons. The van der Waals surface area contributed by atoms with Crippen molar-refractivity contribution in [3.05, 3.63) is 29.6 Å². The number of hydrogen-bond acceptors (Lipinski definition) is 2. The minimum Gasteiger partial charge on any atom is -0.372 e. The predicted molar refractivity (Wildman–Crippen MR) is 69.7 cm³/mol. The highest BCUT2D eigenvalue weighted by Crippen LogP contribution is 2.38. The van der Waals surface area contributed by atoms with Gasteiger partial charge in [0.1, 0.15) is 5.82 Å². The largest absolute Gasteiger partial charge is 0.372 e. The van der Waals surface area contributed by atoms with E-state index in [9.17, 15) is 4.39 Å². The van der Waals surface area contributed by atoms with Crippen LogP contribution in [0.5, 0.6) is 0 Å². The van der Waals surface area contributed by atoms with Crippen LogP contribution >= 0.6 is 0 Å². The van der Waals surface area contributed by atoms with Crippen molar-refractivity contribution in [1.82, 2.24) is 5.32 Å². The lowest BCUT2D eigenvalue weighted by Gasteiger charge is -2.20. The highest BCUT2D eigenvalue weighted by atomic mass is 19.1. The third kappa shape index (κ3) is 2.97. The molecule has 2 unspecified atom stereocenters. The third-order valence-corrected chi connectivity index (χ3v) is 3.59. The van der Waals surface area contributed by atoms with Crippen LogP contribution in [0.4, 0.5) is 10.1 Å². The Morgan fingerprint density at radius 1 is 1.47 bits per heavy atom. The van der Waals surface area contributed by atoms with E-state index in [0.717, 1.165) is 23.9 Å². The summed E-state index contributed by atoms with van der Waals surface area (Å²) in [5.41, 5.74) is 1.70. The van der Waals surface area contributed by atoms with Gasteiger partial charge in [-0.15, -0.1) is 0 Å². The predicted octanol–water partition coefficient (Wildman–Crippen LogP) is 2.64. The van der Waals surface area contributed by atoms with Crippen molar-refractivity contribution in [1.29, 1.82) is 0 Å². The van der Waals surface area contributed by atoms with E-state index < -0.39 is 0 Å². The number of nitrogens with zero attached hydrogens (tertiary/aromatic N) is 1. The Bertz CT molecular complexity index is 392. The Hall–Kier alpha value is -1.09. The van der Waals surface area contributed by atoms with Crippen molar-refractivity contribution in [2.45, 2.75) is 19.9 Å². The van der Waals surface area contributed by atoms with Gasteiger partial charge in [0.25, 0.3) is 0 Å². The monoisotopic (exact) mass is 236 g/mol. The van der Waals surface area contributed by atoms with Crippen LogP contribution in [0.25, 0.3) is 0 Å². The summed E-state index contributed by atoms with van der Waals surface area (Å²) in [7, 11) is 3.84. The molecule has 0 bridgehead atoms. The van der Waals surface area contributed by atoms with Crippen LogP contribution in [0.3, 0.4) is 0 Å². The highest BCUT2D eigenvalue weighted by Gasteiger charge is 2.33. The van der Waals surface area contributed by atoms with Crippen molar-refractivity contribution < 1.29 is 4.39 Å². The summed E-state index contributed by atoms with van der Waals surface area (Å²) in [4.78, 5) is 2.03. The summed E-state index contributed by atoms with van der Waals surface area (Å²) in [6.45, 7) is 3.93. The van der Waals surface area contributed by atoms with Gasteiger partial charge in [-0.1, -0.05) is 13.0 Å². The molecule has 0 aromatic heterocycles. The van der Waals surface area contributed by atoms with E-state index in [1.54, 1.807) is 6.07 Å². The Labute approximate surface area is 103 Å². The van der Waals surface area contributed by atoms with Crippen LogP contribution in [-0.4, -0.2) is 20.6 Å². The molecule has 0 heterocycles. The molecule has 2 atom stereocenters. The maximum Gasteiger partial charge on any atom is 0.146 e. The van der Waals surface area contributed by atoms with Crippen molar-refractivity contribution >= 4 is 5.69 Å². The molecule has 1 saturated carbocycles. The zero-order valence-corrected chi connectivity index (χ0v) is 10.8. The molecule has 1 aliphatic carbocycles. The van der Waals surface area contributed by atoms with Gasteiger partial charge in [0, 0.05) is 20.1 Å². The first kappa shape index (κ1) is 12.4. The smallest absolute Gasteiger partial charge is 0.146 e. The first-order chi connectivity index (χ1) is 8.11. The Morgan fingerprint density at radius 3 is 2.71 bits per heavy atom. The topological polar surface area (TPSA) is 15.3 Å². The van der Waals surface area contributed by atoms with Crippen LogP contribution < -0.4 is 10.2 Å². The molecule has 0 aliphatic heterocycles. The highest BCUT2D eigenvalue weighted by molar-refractivity contribution is 5.48. The van der Waals surface area contributed by atoms with Crippen LogP contribution in [-0.2, 0) is 6.54 Å². The van der Waals surface area contributed by atoms with Gasteiger partial charge in [-0.2, -0.15) is 0 Å². The quantitative estimate of drug-likeness (QED) is 0.845. The molecule has 0 saturated heterocycles. The number of halogens is 1. The second-order valence-electron chi connectivity index (χ2n) is 5.17. The van der Waals surface area contributed by atoms with E-state index in [4.69, 9.17) is 0 Å². The first-order valence-electron chi connectivity index (χ1n) is 6.26. The Balaban J connectivity index is 2.04. The summed E-state index contributed by atoms with van der Waals surface area (Å²) in [6.07, 6.45) is 1.28. The molecule has 2 rings (SSSR count). The molecule has 1 aromatic carbocycles. The SMILES string of the molecule is CNCc1ccc(N(C)CC2CC2C)c(F)c1. The molecule has 17 heavy (non-hydrogen) atoms. The van der Waals surface area contributed by atoms with Crippen molar-refractivity contribution in [3.8, 4) is 0 Å². The van der Waals surface area contributed by atoms with Gasteiger partial charge in [-0.3, -0.25) is 0 Å². The molecule has 1 aliphatic rings. The second kappa shape index (κ2) is 5.05. The van der Waals surface area contributed by atoms with E-state index in [1.807, 2.05) is 31.1 Å². The molecular weight excluding hydrogens is 215 g/mol. The van der Waals surface area contributed by atoms with Gasteiger partial charge in [0.15, 0.2) is 0 Å².